The summed E-state index contributed by atoms with van der Waals surface area (Å²) in [7, 11) is 3.79. The van der Waals surface area contributed by atoms with E-state index in [4.69, 9.17) is 39.2 Å². The Hall–Kier alpha value is -1.31. The van der Waals surface area contributed by atoms with Gasteiger partial charge in [-0.1, -0.05) is 53.0 Å². The van der Waals surface area contributed by atoms with Crippen LogP contribution in [0.25, 0.3) is 11.0 Å². The van der Waals surface area contributed by atoms with Gasteiger partial charge in [0.1, 0.15) is 17.3 Å². The number of halogens is 3. The Balaban J connectivity index is 2.20. The number of benzene rings is 1. The van der Waals surface area contributed by atoms with Crippen LogP contribution < -0.4 is 16.3 Å². The van der Waals surface area contributed by atoms with Crippen molar-refractivity contribution in [3.05, 3.63) is 46.3 Å². The van der Waals surface area contributed by atoms with Gasteiger partial charge in [0, 0.05) is 18.5 Å². The largest absolute Gasteiger partial charge is 0.422 e. The van der Waals surface area contributed by atoms with Crippen molar-refractivity contribution in [2.24, 2.45) is 0 Å². The summed E-state index contributed by atoms with van der Waals surface area (Å²) in [6.07, 6.45) is -0.976. The number of carbonyl (C=O) groups is 1. The molecule has 0 saturated carbocycles. The molecule has 1 aromatic carbocycles. The average molecular weight is 407 g/mol. The SMILES string of the molecule is CN(C)CCNC(NC(=O)c1cc2ccccc2oc1=O)C(Cl)(Cl)Cl. The lowest BCUT2D eigenvalue weighted by molar-refractivity contribution is 0.0926. The Kier molecular flexibility index (Phi) is 6.71. The molecule has 0 aliphatic heterocycles. The average Bonchev–Trinajstić information content (AvgIpc) is 2.51. The van der Waals surface area contributed by atoms with E-state index in [1.54, 1.807) is 24.3 Å². The number of nitrogens with zero attached hydrogens (tertiary/aromatic N) is 1. The number of carbonyl (C=O) groups excluding carboxylic acids is 1. The molecule has 0 saturated heterocycles. The molecule has 2 N–H and O–H groups in total. The smallest absolute Gasteiger partial charge is 0.349 e. The Bertz CT molecular complexity index is 802. The van der Waals surface area contributed by atoms with Crippen molar-refractivity contribution in [2.75, 3.05) is 27.2 Å². The third kappa shape index (κ3) is 5.59. The van der Waals surface area contributed by atoms with Gasteiger partial charge in [0.15, 0.2) is 0 Å². The quantitative estimate of drug-likeness (QED) is 0.438. The fourth-order valence-electron chi connectivity index (χ4n) is 2.11. The van der Waals surface area contributed by atoms with E-state index in [0.29, 0.717) is 24.1 Å². The van der Waals surface area contributed by atoms with Gasteiger partial charge >= 0.3 is 5.63 Å². The molecule has 1 unspecified atom stereocenters. The van der Waals surface area contributed by atoms with Crippen LogP contribution in [0, 0.1) is 0 Å². The van der Waals surface area contributed by atoms with E-state index in [2.05, 4.69) is 10.6 Å². The predicted molar refractivity (Wildman–Crippen MR) is 101 cm³/mol. The molecule has 25 heavy (non-hydrogen) atoms. The van der Waals surface area contributed by atoms with Gasteiger partial charge in [-0.15, -0.1) is 0 Å². The Morgan fingerprint density at radius 2 is 1.96 bits per heavy atom. The molecule has 2 rings (SSSR count). The minimum Gasteiger partial charge on any atom is -0.422 e. The number of nitrogens with one attached hydrogen (secondary N) is 2. The summed E-state index contributed by atoms with van der Waals surface area (Å²) < 4.78 is 3.36. The normalized spacial score (nSPS) is 13.2. The van der Waals surface area contributed by atoms with Crippen LogP contribution in [0.1, 0.15) is 10.4 Å². The summed E-state index contributed by atoms with van der Waals surface area (Å²) in [5.41, 5.74) is -0.522. The lowest BCUT2D eigenvalue weighted by Gasteiger charge is -2.27. The summed E-state index contributed by atoms with van der Waals surface area (Å²) >= 11 is 17.8. The summed E-state index contributed by atoms with van der Waals surface area (Å²) in [4.78, 5) is 26.5. The number of para-hydroxylation sites is 1. The molecule has 0 aliphatic rings. The fourth-order valence-corrected chi connectivity index (χ4v) is 2.51. The maximum Gasteiger partial charge on any atom is 0.349 e. The zero-order valence-electron chi connectivity index (χ0n) is 13.7. The second kappa shape index (κ2) is 8.38. The molecule has 0 fully saturated rings. The van der Waals surface area contributed by atoms with Gasteiger partial charge in [0.2, 0.25) is 3.79 Å². The maximum atomic E-state index is 12.5. The third-order valence-corrected chi connectivity index (χ3v) is 4.05. The van der Waals surface area contributed by atoms with Crippen LogP contribution in [-0.4, -0.2) is 48.0 Å². The summed E-state index contributed by atoms with van der Waals surface area (Å²) in [5.74, 6) is -0.687. The molecule has 1 aromatic heterocycles. The zero-order chi connectivity index (χ0) is 18.6. The number of amides is 1. The van der Waals surface area contributed by atoms with Crippen molar-refractivity contribution in [3.63, 3.8) is 0 Å². The number of rotatable bonds is 6. The number of hydrogen-bond acceptors (Lipinski definition) is 5. The first-order valence-corrected chi connectivity index (χ1v) is 8.60. The summed E-state index contributed by atoms with van der Waals surface area (Å²) in [6, 6.07) is 8.34. The van der Waals surface area contributed by atoms with Gasteiger partial charge in [-0.25, -0.2) is 4.79 Å². The highest BCUT2D eigenvalue weighted by atomic mass is 35.6. The number of fused-ring (bicyclic) bond motifs is 1. The highest BCUT2D eigenvalue weighted by molar-refractivity contribution is 6.68. The molecule has 136 valence electrons. The Morgan fingerprint density at radius 1 is 1.28 bits per heavy atom. The van der Waals surface area contributed by atoms with Crippen LogP contribution in [-0.2, 0) is 0 Å². The maximum absolute atomic E-state index is 12.5. The topological polar surface area (TPSA) is 74.6 Å². The lowest BCUT2D eigenvalue weighted by Crippen LogP contribution is -2.55. The monoisotopic (exact) mass is 405 g/mol. The number of likely N-dealkylation sites (N-methyl/N-ethyl adjacent to an activating group) is 1. The molecule has 0 bridgehead atoms. The molecule has 0 spiro atoms. The molecule has 0 aliphatic carbocycles. The molecule has 2 aromatic rings. The molecular formula is C16H18Cl3N3O3. The van der Waals surface area contributed by atoms with Crippen molar-refractivity contribution >= 4 is 51.7 Å². The van der Waals surface area contributed by atoms with Crippen LogP contribution in [0.3, 0.4) is 0 Å². The van der Waals surface area contributed by atoms with Crippen molar-refractivity contribution in [1.29, 1.82) is 0 Å². The minimum atomic E-state index is -1.79. The molecule has 9 heteroatoms. The number of alkyl halides is 3. The summed E-state index contributed by atoms with van der Waals surface area (Å²) in [6.45, 7) is 1.14. The Labute approximate surface area is 160 Å². The van der Waals surface area contributed by atoms with Crippen molar-refractivity contribution < 1.29 is 9.21 Å². The fraction of sp³-hybridized carbons (Fsp3) is 0.375. The zero-order valence-corrected chi connectivity index (χ0v) is 16.0. The summed E-state index contributed by atoms with van der Waals surface area (Å²) in [5, 5.41) is 6.10. The van der Waals surface area contributed by atoms with Gasteiger partial charge in [0.25, 0.3) is 5.91 Å². The van der Waals surface area contributed by atoms with Crippen LogP contribution >= 0.6 is 34.8 Å². The van der Waals surface area contributed by atoms with E-state index < -0.39 is 21.5 Å². The van der Waals surface area contributed by atoms with E-state index >= 15 is 0 Å². The Morgan fingerprint density at radius 3 is 2.60 bits per heavy atom. The lowest BCUT2D eigenvalue weighted by atomic mass is 10.2. The molecule has 1 amide bonds. The second-order valence-electron chi connectivity index (χ2n) is 5.69. The minimum absolute atomic E-state index is 0.160. The molecule has 0 radical (unpaired) electrons. The third-order valence-electron chi connectivity index (χ3n) is 3.40. The first-order chi connectivity index (χ1) is 11.7. The van der Waals surface area contributed by atoms with Crippen LogP contribution in [0.4, 0.5) is 0 Å². The van der Waals surface area contributed by atoms with Gasteiger partial charge in [0.05, 0.1) is 0 Å². The first-order valence-electron chi connectivity index (χ1n) is 7.47. The highest BCUT2D eigenvalue weighted by Crippen LogP contribution is 2.29. The van der Waals surface area contributed by atoms with Crippen molar-refractivity contribution in [2.45, 2.75) is 9.96 Å². The molecule has 1 atom stereocenters. The molecule has 1 heterocycles. The van der Waals surface area contributed by atoms with Gasteiger partial charge in [-0.05, 0) is 26.2 Å². The van der Waals surface area contributed by atoms with Crippen molar-refractivity contribution in [3.8, 4) is 0 Å². The van der Waals surface area contributed by atoms with Gasteiger partial charge in [-0.3, -0.25) is 10.1 Å². The molecule has 6 nitrogen and oxygen atoms in total. The van der Waals surface area contributed by atoms with Crippen LogP contribution in [0.5, 0.6) is 0 Å². The van der Waals surface area contributed by atoms with E-state index in [1.807, 2.05) is 19.0 Å². The van der Waals surface area contributed by atoms with E-state index in [9.17, 15) is 9.59 Å². The van der Waals surface area contributed by atoms with Crippen molar-refractivity contribution in [1.82, 2.24) is 15.5 Å². The highest BCUT2D eigenvalue weighted by Gasteiger charge is 2.34. The van der Waals surface area contributed by atoms with Gasteiger partial charge < -0.3 is 14.6 Å². The van der Waals surface area contributed by atoms with Gasteiger partial charge in [-0.2, -0.15) is 0 Å². The van der Waals surface area contributed by atoms with E-state index in [1.165, 1.54) is 6.07 Å². The molecular weight excluding hydrogens is 389 g/mol. The van der Waals surface area contributed by atoms with E-state index in [0.717, 1.165) is 0 Å². The van der Waals surface area contributed by atoms with Crippen LogP contribution in [0.15, 0.2) is 39.5 Å². The van der Waals surface area contributed by atoms with Crippen LogP contribution in [0.2, 0.25) is 0 Å². The second-order valence-corrected chi connectivity index (χ2v) is 8.06. The predicted octanol–water partition coefficient (Wildman–Crippen LogP) is 2.37. The van der Waals surface area contributed by atoms with E-state index in [-0.39, 0.29) is 5.56 Å². The first kappa shape index (κ1) is 20.0. The number of hydrogen-bond donors (Lipinski definition) is 2. The standard InChI is InChI=1S/C16H18Cl3N3O3/c1-22(2)8-7-20-15(16(17,18)19)21-13(23)11-9-10-5-3-4-6-12(10)25-14(11)24/h3-6,9,15,20H,7-8H2,1-2H3,(H,21,23).